The molecule has 0 saturated carbocycles. The maximum atomic E-state index is 11.8. The molecule has 1 aromatic heterocycles. The van der Waals surface area contributed by atoms with Crippen LogP contribution >= 0.6 is 11.6 Å². The van der Waals surface area contributed by atoms with Crippen LogP contribution in [0, 0.1) is 27.2 Å². The topological polar surface area (TPSA) is 135 Å². The molecule has 3 aromatic carbocycles. The summed E-state index contributed by atoms with van der Waals surface area (Å²) in [6, 6.07) is 19.9. The largest absolute Gasteiger partial charge is 0.354 e. The van der Waals surface area contributed by atoms with Crippen molar-refractivity contribution in [2.45, 2.75) is 6.92 Å². The molecule has 176 valence electrons. The lowest BCUT2D eigenvalue weighted by Gasteiger charge is -2.16. The summed E-state index contributed by atoms with van der Waals surface area (Å²) in [6.45, 7) is 1.75. The lowest BCUT2D eigenvalue weighted by molar-refractivity contribution is -0.393. The van der Waals surface area contributed by atoms with Crippen molar-refractivity contribution in [1.82, 2.24) is 4.98 Å². The molecule has 1 heterocycles. The number of halogens is 1. The average molecular weight is 491 g/mol. The summed E-state index contributed by atoms with van der Waals surface area (Å²) in [6.07, 6.45) is 1.60. The van der Waals surface area contributed by atoms with Gasteiger partial charge in [0.15, 0.2) is 0 Å². The number of hydrogen-bond acceptors (Lipinski definition) is 8. The molecule has 0 atom stereocenters. The summed E-state index contributed by atoms with van der Waals surface area (Å²) in [5.41, 5.74) is 2.38. The Labute approximate surface area is 204 Å². The molecule has 0 aliphatic rings. The highest BCUT2D eigenvalue weighted by Gasteiger charge is 2.25. The number of nitrogens with zero attached hydrogens (tertiary/aromatic N) is 3. The van der Waals surface area contributed by atoms with Crippen molar-refractivity contribution in [2.75, 3.05) is 16.0 Å². The molecule has 0 radical (unpaired) electrons. The van der Waals surface area contributed by atoms with Gasteiger partial charge in [0.1, 0.15) is 11.4 Å². The van der Waals surface area contributed by atoms with Crippen LogP contribution in [0.4, 0.5) is 45.5 Å². The van der Waals surface area contributed by atoms with Crippen LogP contribution in [0.5, 0.6) is 0 Å². The first-order valence-electron chi connectivity index (χ1n) is 10.4. The fraction of sp³-hybridized carbons (Fsp3) is 0.0417. The van der Waals surface area contributed by atoms with Crippen LogP contribution < -0.4 is 16.0 Å². The van der Waals surface area contributed by atoms with Gasteiger partial charge in [0.05, 0.1) is 38.7 Å². The summed E-state index contributed by atoms with van der Waals surface area (Å²) in [4.78, 5) is 26.4. The van der Waals surface area contributed by atoms with Crippen molar-refractivity contribution in [1.29, 1.82) is 0 Å². The number of pyridine rings is 1. The van der Waals surface area contributed by atoms with Crippen molar-refractivity contribution in [3.05, 3.63) is 110 Å². The van der Waals surface area contributed by atoms with Gasteiger partial charge in [0.2, 0.25) is 0 Å². The van der Waals surface area contributed by atoms with Crippen molar-refractivity contribution in [3.63, 3.8) is 0 Å². The predicted octanol–water partition coefficient (Wildman–Crippen LogP) is 7.09. The third kappa shape index (κ3) is 5.45. The van der Waals surface area contributed by atoms with E-state index >= 15 is 0 Å². The quantitative estimate of drug-likeness (QED) is 0.176. The lowest BCUT2D eigenvalue weighted by Crippen LogP contribution is -2.04. The molecule has 0 saturated heterocycles. The van der Waals surface area contributed by atoms with Gasteiger partial charge in [0.25, 0.3) is 11.4 Å². The van der Waals surface area contributed by atoms with Crippen LogP contribution in [0.25, 0.3) is 0 Å². The Bertz CT molecular complexity index is 1410. The van der Waals surface area contributed by atoms with Crippen LogP contribution in [-0.2, 0) is 0 Å². The number of para-hydroxylation sites is 2. The number of aryl methyl sites for hydroxylation is 1. The molecule has 4 rings (SSSR count). The van der Waals surface area contributed by atoms with Crippen LogP contribution in [0.3, 0.4) is 0 Å². The summed E-state index contributed by atoms with van der Waals surface area (Å²) in [5, 5.41) is 33.4. The van der Waals surface area contributed by atoms with Gasteiger partial charge in [-0.25, -0.2) is 0 Å². The number of nitrogens with one attached hydrogen (secondary N) is 3. The molecule has 35 heavy (non-hydrogen) atoms. The van der Waals surface area contributed by atoms with E-state index in [1.165, 1.54) is 6.07 Å². The van der Waals surface area contributed by atoms with Crippen LogP contribution in [-0.4, -0.2) is 14.8 Å². The van der Waals surface area contributed by atoms with Gasteiger partial charge < -0.3 is 16.0 Å². The SMILES string of the molecule is Cc1ncccc1Nc1cc(Nc2ccccc2Nc2ccc(Cl)cc2)c([N+](=O)[O-])cc1[N+](=O)[O-]. The van der Waals surface area contributed by atoms with Gasteiger partial charge in [-0.1, -0.05) is 23.7 Å². The van der Waals surface area contributed by atoms with Crippen molar-refractivity contribution in [2.24, 2.45) is 0 Å². The number of nitro benzene ring substituents is 2. The molecule has 0 unspecified atom stereocenters. The number of aromatic nitrogens is 1. The molecule has 11 heteroatoms. The summed E-state index contributed by atoms with van der Waals surface area (Å²) in [7, 11) is 0. The third-order valence-corrected chi connectivity index (χ3v) is 5.36. The van der Waals surface area contributed by atoms with Gasteiger partial charge in [-0.3, -0.25) is 25.2 Å². The first kappa shape index (κ1) is 23.5. The number of anilines is 6. The van der Waals surface area contributed by atoms with Crippen LogP contribution in [0.15, 0.2) is 79.0 Å². The Hall–Kier alpha value is -4.70. The Kier molecular flexibility index (Phi) is 6.74. The Morgan fingerprint density at radius 2 is 1.26 bits per heavy atom. The predicted molar refractivity (Wildman–Crippen MR) is 136 cm³/mol. The minimum atomic E-state index is -0.666. The van der Waals surface area contributed by atoms with E-state index in [9.17, 15) is 20.2 Å². The molecule has 10 nitrogen and oxygen atoms in total. The zero-order valence-corrected chi connectivity index (χ0v) is 19.1. The second kappa shape index (κ2) is 10.1. The second-order valence-corrected chi connectivity index (χ2v) is 7.90. The maximum absolute atomic E-state index is 11.8. The summed E-state index contributed by atoms with van der Waals surface area (Å²) >= 11 is 5.96. The highest BCUT2D eigenvalue weighted by Crippen LogP contribution is 2.40. The average Bonchev–Trinajstić information content (AvgIpc) is 2.83. The minimum Gasteiger partial charge on any atom is -0.354 e. The molecule has 0 amide bonds. The molecule has 4 aromatic rings. The maximum Gasteiger partial charge on any atom is 0.299 e. The van der Waals surface area contributed by atoms with Gasteiger partial charge in [0, 0.05) is 16.9 Å². The Morgan fingerprint density at radius 1 is 0.714 bits per heavy atom. The van der Waals surface area contributed by atoms with Gasteiger partial charge in [-0.05, 0) is 61.5 Å². The normalized spacial score (nSPS) is 10.5. The molecular formula is C24H19ClN6O4. The van der Waals surface area contributed by atoms with E-state index in [0.29, 0.717) is 27.8 Å². The van der Waals surface area contributed by atoms with E-state index in [1.54, 1.807) is 67.7 Å². The lowest BCUT2D eigenvalue weighted by atomic mass is 10.1. The highest BCUT2D eigenvalue weighted by molar-refractivity contribution is 6.30. The first-order chi connectivity index (χ1) is 16.8. The molecule has 0 bridgehead atoms. The van der Waals surface area contributed by atoms with Crippen molar-refractivity contribution < 1.29 is 9.85 Å². The second-order valence-electron chi connectivity index (χ2n) is 7.46. The van der Waals surface area contributed by atoms with Gasteiger partial charge in [-0.2, -0.15) is 0 Å². The molecule has 0 spiro atoms. The summed E-state index contributed by atoms with van der Waals surface area (Å²) in [5.74, 6) is 0. The van der Waals surface area contributed by atoms with E-state index in [1.807, 2.05) is 6.07 Å². The smallest absolute Gasteiger partial charge is 0.299 e. The van der Waals surface area contributed by atoms with E-state index in [0.717, 1.165) is 11.8 Å². The molecule has 0 aliphatic carbocycles. The van der Waals surface area contributed by atoms with Gasteiger partial charge >= 0.3 is 0 Å². The van der Waals surface area contributed by atoms with E-state index in [-0.39, 0.29) is 11.4 Å². The highest BCUT2D eigenvalue weighted by atomic mass is 35.5. The molecule has 0 aliphatic heterocycles. The van der Waals surface area contributed by atoms with Crippen molar-refractivity contribution >= 4 is 57.1 Å². The molecule has 0 fully saturated rings. The van der Waals surface area contributed by atoms with Crippen LogP contribution in [0.2, 0.25) is 5.02 Å². The standard InChI is InChI=1S/C24H19ClN6O4/c1-15-18(7-4-12-26-15)28-21-13-22(24(31(34)35)14-23(21)30(32)33)29-20-6-3-2-5-19(20)27-17-10-8-16(25)9-11-17/h2-14,27-29H,1H3. The van der Waals surface area contributed by atoms with E-state index in [2.05, 4.69) is 20.9 Å². The minimum absolute atomic E-state index is 0.0787. The fourth-order valence-corrected chi connectivity index (χ4v) is 3.50. The zero-order chi connectivity index (χ0) is 24.9. The Balaban J connectivity index is 1.75. The number of nitro groups is 2. The molecule has 3 N–H and O–H groups in total. The zero-order valence-electron chi connectivity index (χ0n) is 18.4. The molecular weight excluding hydrogens is 472 g/mol. The third-order valence-electron chi connectivity index (χ3n) is 5.10. The van der Waals surface area contributed by atoms with Gasteiger partial charge in [-0.15, -0.1) is 0 Å². The van der Waals surface area contributed by atoms with E-state index < -0.39 is 21.2 Å². The summed E-state index contributed by atoms with van der Waals surface area (Å²) < 4.78 is 0. The monoisotopic (exact) mass is 490 g/mol. The van der Waals surface area contributed by atoms with Crippen LogP contribution in [0.1, 0.15) is 5.69 Å². The Morgan fingerprint density at radius 3 is 1.83 bits per heavy atom. The van der Waals surface area contributed by atoms with E-state index in [4.69, 9.17) is 11.6 Å². The first-order valence-corrected chi connectivity index (χ1v) is 10.7. The fourth-order valence-electron chi connectivity index (χ4n) is 3.38. The number of hydrogen-bond donors (Lipinski definition) is 3. The number of benzene rings is 3. The van der Waals surface area contributed by atoms with Crippen molar-refractivity contribution in [3.8, 4) is 0 Å². The number of rotatable bonds is 8.